The molecule has 37 heavy (non-hydrogen) atoms. The second-order valence-electron chi connectivity index (χ2n) is 9.36. The maximum absolute atomic E-state index is 13.4. The minimum atomic E-state index is -4.00. The minimum Gasteiger partial charge on any atom is -0.496 e. The number of hydrogen-bond donors (Lipinski definition) is 3. The number of carbonyl (C=O) groups is 4. The van der Waals surface area contributed by atoms with Gasteiger partial charge in [-0.05, 0) is 34.6 Å². The molecule has 1 fully saturated rings. The summed E-state index contributed by atoms with van der Waals surface area (Å²) in [5.41, 5.74) is 0.735. The highest BCUT2D eigenvalue weighted by Crippen LogP contribution is 2.39. The first-order chi connectivity index (χ1) is 17.1. The van der Waals surface area contributed by atoms with Crippen LogP contribution in [0, 0.1) is 0 Å². The number of nitrogens with zero attached hydrogens (tertiary/aromatic N) is 2. The van der Waals surface area contributed by atoms with Crippen LogP contribution in [0.1, 0.15) is 48.7 Å². The number of ether oxygens (including phenoxy) is 1. The Morgan fingerprint density at radius 1 is 1.24 bits per heavy atom. The van der Waals surface area contributed by atoms with E-state index in [-0.39, 0.29) is 30.0 Å². The minimum absolute atomic E-state index is 0.0781. The second kappa shape index (κ2) is 10.4. The molecule has 2 heterocycles. The van der Waals surface area contributed by atoms with Crippen LogP contribution >= 0.6 is 11.3 Å². The van der Waals surface area contributed by atoms with Crippen LogP contribution < -0.4 is 20.3 Å². The van der Waals surface area contributed by atoms with E-state index in [1.54, 1.807) is 6.07 Å². The lowest BCUT2D eigenvalue weighted by atomic mass is 9.84. The van der Waals surface area contributed by atoms with Gasteiger partial charge in [-0.1, -0.05) is 20.8 Å². The summed E-state index contributed by atoms with van der Waals surface area (Å²) in [6.45, 7) is 5.50. The fourth-order valence-corrected chi connectivity index (χ4v) is 5.19. The van der Waals surface area contributed by atoms with E-state index in [0.29, 0.717) is 20.4 Å². The summed E-state index contributed by atoms with van der Waals surface area (Å²) in [5, 5.41) is 16.4. The Balaban J connectivity index is 1.99. The Hall–Kier alpha value is -3.65. The van der Waals surface area contributed by atoms with Gasteiger partial charge in [0.15, 0.2) is 0 Å². The highest BCUT2D eigenvalue weighted by Gasteiger charge is 2.32. The Kier molecular flexibility index (Phi) is 7.83. The van der Waals surface area contributed by atoms with Gasteiger partial charge in [0, 0.05) is 18.5 Å². The van der Waals surface area contributed by atoms with Crippen molar-refractivity contribution in [3.63, 3.8) is 0 Å². The van der Waals surface area contributed by atoms with Crippen LogP contribution in [0.3, 0.4) is 0 Å². The monoisotopic (exact) mass is 552 g/mol. The molecule has 12 nitrogen and oxygen atoms in total. The number of amides is 5. The molecule has 0 aliphatic carbocycles. The van der Waals surface area contributed by atoms with Crippen molar-refractivity contribution in [1.29, 1.82) is 0 Å². The molecule has 0 atom stereocenters. The van der Waals surface area contributed by atoms with Crippen molar-refractivity contribution >= 4 is 56.0 Å². The molecule has 0 unspecified atom stereocenters. The second-order valence-corrected chi connectivity index (χ2v) is 12.2. The van der Waals surface area contributed by atoms with E-state index in [9.17, 15) is 32.7 Å². The third-order valence-corrected chi connectivity index (χ3v) is 7.47. The van der Waals surface area contributed by atoms with Crippen molar-refractivity contribution in [3.8, 4) is 5.75 Å². The average molecular weight is 553 g/mol. The van der Waals surface area contributed by atoms with Gasteiger partial charge in [-0.3, -0.25) is 9.59 Å². The molecule has 1 aromatic heterocycles. The van der Waals surface area contributed by atoms with Crippen LogP contribution in [0.4, 0.5) is 20.3 Å². The highest BCUT2D eigenvalue weighted by molar-refractivity contribution is 7.88. The average Bonchev–Trinajstić information content (AvgIpc) is 3.22. The Bertz CT molecular complexity index is 1350. The van der Waals surface area contributed by atoms with Gasteiger partial charge in [0.2, 0.25) is 15.9 Å². The molecule has 14 heteroatoms. The lowest BCUT2D eigenvalue weighted by Crippen LogP contribution is -2.50. The molecular formula is C23H28N4O8S2. The molecule has 0 saturated carbocycles. The Morgan fingerprint density at radius 2 is 1.92 bits per heavy atom. The van der Waals surface area contributed by atoms with E-state index in [0.717, 1.165) is 22.5 Å². The molecule has 3 N–H and O–H groups in total. The zero-order valence-electron chi connectivity index (χ0n) is 20.9. The van der Waals surface area contributed by atoms with Crippen LogP contribution in [0.2, 0.25) is 0 Å². The van der Waals surface area contributed by atoms with Gasteiger partial charge >= 0.3 is 12.1 Å². The van der Waals surface area contributed by atoms with Crippen molar-refractivity contribution in [2.24, 2.45) is 0 Å². The summed E-state index contributed by atoms with van der Waals surface area (Å²) in [4.78, 5) is 50.7. The summed E-state index contributed by atoms with van der Waals surface area (Å²) in [7, 11) is -2.59. The third kappa shape index (κ3) is 6.20. The van der Waals surface area contributed by atoms with E-state index < -0.39 is 45.9 Å². The van der Waals surface area contributed by atoms with Crippen molar-refractivity contribution in [1.82, 2.24) is 9.62 Å². The SMILES string of the molecule is COc1c(C(=O)Nc2cc(CN(C(=O)O)S(C)(=O)=O)cs2)cc(N2C(=O)CCNC2=O)cc1C(C)(C)C. The summed E-state index contributed by atoms with van der Waals surface area (Å²) >= 11 is 1.08. The molecule has 0 bridgehead atoms. The molecular weight excluding hydrogens is 524 g/mol. The number of sulfonamides is 1. The number of urea groups is 1. The van der Waals surface area contributed by atoms with Crippen molar-refractivity contribution in [3.05, 3.63) is 40.3 Å². The van der Waals surface area contributed by atoms with E-state index >= 15 is 0 Å². The summed E-state index contributed by atoms with van der Waals surface area (Å²) in [6, 6.07) is 3.92. The molecule has 0 radical (unpaired) electrons. The van der Waals surface area contributed by atoms with E-state index in [1.165, 1.54) is 24.6 Å². The summed E-state index contributed by atoms with van der Waals surface area (Å²) in [6.07, 6.45) is -0.717. The maximum atomic E-state index is 13.4. The molecule has 0 spiro atoms. The number of rotatable bonds is 7. The first-order valence-electron chi connectivity index (χ1n) is 11.1. The number of nitrogens with one attached hydrogen (secondary N) is 2. The fraction of sp³-hybridized carbons (Fsp3) is 0.391. The highest BCUT2D eigenvalue weighted by atomic mass is 32.2. The number of anilines is 2. The van der Waals surface area contributed by atoms with E-state index in [2.05, 4.69) is 10.6 Å². The van der Waals surface area contributed by atoms with Crippen LogP contribution in [-0.4, -0.2) is 61.7 Å². The van der Waals surface area contributed by atoms with Gasteiger partial charge in [-0.2, -0.15) is 0 Å². The van der Waals surface area contributed by atoms with Gasteiger partial charge < -0.3 is 20.5 Å². The van der Waals surface area contributed by atoms with Gasteiger partial charge in [0.1, 0.15) is 5.75 Å². The lowest BCUT2D eigenvalue weighted by Gasteiger charge is -2.29. The van der Waals surface area contributed by atoms with Gasteiger partial charge in [-0.15, -0.1) is 11.3 Å². The predicted molar refractivity (Wildman–Crippen MR) is 138 cm³/mol. The topological polar surface area (TPSA) is 162 Å². The smallest absolute Gasteiger partial charge is 0.421 e. The molecule has 5 amide bonds. The van der Waals surface area contributed by atoms with Crippen LogP contribution in [0.25, 0.3) is 0 Å². The Morgan fingerprint density at radius 3 is 2.46 bits per heavy atom. The van der Waals surface area contributed by atoms with Crippen LogP contribution in [0.5, 0.6) is 5.75 Å². The molecule has 1 aliphatic heterocycles. The number of carbonyl (C=O) groups excluding carboxylic acids is 3. The zero-order chi connectivity index (χ0) is 27.7. The predicted octanol–water partition coefficient (Wildman–Crippen LogP) is 3.19. The lowest BCUT2D eigenvalue weighted by molar-refractivity contribution is -0.118. The van der Waals surface area contributed by atoms with Crippen molar-refractivity contribution in [2.45, 2.75) is 39.2 Å². The number of thiophene rings is 1. The largest absolute Gasteiger partial charge is 0.496 e. The molecule has 3 rings (SSSR count). The molecule has 2 aromatic rings. The van der Waals surface area contributed by atoms with Crippen LogP contribution in [-0.2, 0) is 26.8 Å². The number of methoxy groups -OCH3 is 1. The van der Waals surface area contributed by atoms with Gasteiger partial charge in [-0.25, -0.2) is 27.2 Å². The first kappa shape index (κ1) is 27.9. The van der Waals surface area contributed by atoms with Gasteiger partial charge in [0.25, 0.3) is 5.91 Å². The normalized spacial score (nSPS) is 14.2. The summed E-state index contributed by atoms with van der Waals surface area (Å²) in [5.74, 6) is -0.734. The standard InChI is InChI=1S/C23H28N4O8S2/c1-23(2,3)16-10-14(27-18(28)6-7-24-21(27)30)9-15(19(16)35-4)20(29)25-17-8-13(12-36-17)11-26(22(31)32)37(5,33)34/h8-10,12H,6-7,11H2,1-5H3,(H,24,30)(H,25,29)(H,31,32). The maximum Gasteiger partial charge on any atom is 0.421 e. The zero-order valence-corrected chi connectivity index (χ0v) is 22.6. The fourth-order valence-electron chi connectivity index (χ4n) is 3.73. The quantitative estimate of drug-likeness (QED) is 0.472. The van der Waals surface area contributed by atoms with Crippen molar-refractivity contribution in [2.75, 3.05) is 30.1 Å². The number of imide groups is 1. The van der Waals surface area contributed by atoms with Crippen molar-refractivity contribution < 1.29 is 37.4 Å². The molecule has 200 valence electrons. The van der Waals surface area contributed by atoms with E-state index in [1.807, 2.05) is 20.8 Å². The molecule has 1 saturated heterocycles. The van der Waals surface area contributed by atoms with Crippen LogP contribution in [0.15, 0.2) is 23.6 Å². The number of benzene rings is 1. The summed E-state index contributed by atoms with van der Waals surface area (Å²) < 4.78 is 29.4. The third-order valence-electron chi connectivity index (χ3n) is 5.49. The first-order valence-corrected chi connectivity index (χ1v) is 13.8. The van der Waals surface area contributed by atoms with E-state index in [4.69, 9.17) is 4.74 Å². The Labute approximate surface area is 218 Å². The molecule has 1 aliphatic rings. The molecule has 1 aromatic carbocycles. The number of carboxylic acid groups (broad SMARTS) is 1. The number of hydrogen-bond acceptors (Lipinski definition) is 8. The van der Waals surface area contributed by atoms with Gasteiger partial charge in [0.05, 0.1) is 36.2 Å².